The molecular formula is C15H19NO3. The van der Waals surface area contributed by atoms with Gasteiger partial charge in [-0.05, 0) is 24.3 Å². The summed E-state index contributed by atoms with van der Waals surface area (Å²) in [6.07, 6.45) is 1.71. The van der Waals surface area contributed by atoms with Crippen molar-refractivity contribution in [2.24, 2.45) is 5.92 Å². The summed E-state index contributed by atoms with van der Waals surface area (Å²) in [6.45, 7) is 2.58. The number of hydrogen-bond acceptors (Lipinski definition) is 2. The summed E-state index contributed by atoms with van der Waals surface area (Å²) in [5.74, 6) is -0.625. The minimum atomic E-state index is -0.895. The highest BCUT2D eigenvalue weighted by atomic mass is 16.4. The lowest BCUT2D eigenvalue weighted by Crippen LogP contribution is -2.50. The molecule has 2 atom stereocenters. The third kappa shape index (κ3) is 3.34. The summed E-state index contributed by atoms with van der Waals surface area (Å²) in [7, 11) is 0. The van der Waals surface area contributed by atoms with Crippen LogP contribution in [0.2, 0.25) is 0 Å². The number of carboxylic acids is 1. The molecule has 19 heavy (non-hydrogen) atoms. The van der Waals surface area contributed by atoms with E-state index in [0.29, 0.717) is 18.9 Å². The number of piperidine rings is 1. The SMILES string of the molecule is CC1CCN(C(=O)Cc2ccccc2)C(C(=O)O)C1. The Labute approximate surface area is 113 Å². The standard InChI is InChI=1S/C15H19NO3/c1-11-7-8-16(13(9-11)15(18)19)14(17)10-12-5-3-2-4-6-12/h2-6,11,13H,7-10H2,1H3,(H,18,19). The van der Waals surface area contributed by atoms with Crippen molar-refractivity contribution in [3.63, 3.8) is 0 Å². The van der Waals surface area contributed by atoms with E-state index in [1.54, 1.807) is 0 Å². The largest absolute Gasteiger partial charge is 0.480 e. The van der Waals surface area contributed by atoms with Crippen molar-refractivity contribution in [3.8, 4) is 0 Å². The second kappa shape index (κ2) is 5.87. The molecular weight excluding hydrogens is 242 g/mol. The van der Waals surface area contributed by atoms with Crippen molar-refractivity contribution in [3.05, 3.63) is 35.9 Å². The molecule has 1 aliphatic heterocycles. The van der Waals surface area contributed by atoms with Gasteiger partial charge in [0.1, 0.15) is 6.04 Å². The van der Waals surface area contributed by atoms with Crippen LogP contribution in [0.25, 0.3) is 0 Å². The van der Waals surface area contributed by atoms with Crippen LogP contribution in [-0.2, 0) is 16.0 Å². The summed E-state index contributed by atoms with van der Waals surface area (Å²) < 4.78 is 0. The van der Waals surface area contributed by atoms with Crippen LogP contribution >= 0.6 is 0 Å². The average Bonchev–Trinajstić information content (AvgIpc) is 2.39. The van der Waals surface area contributed by atoms with Crippen LogP contribution in [0.4, 0.5) is 0 Å². The number of carboxylic acid groups (broad SMARTS) is 1. The monoisotopic (exact) mass is 261 g/mol. The van der Waals surface area contributed by atoms with Gasteiger partial charge in [0, 0.05) is 6.54 Å². The molecule has 1 heterocycles. The normalized spacial score (nSPS) is 23.1. The van der Waals surface area contributed by atoms with E-state index in [9.17, 15) is 14.7 Å². The second-order valence-corrected chi connectivity index (χ2v) is 5.23. The minimum Gasteiger partial charge on any atom is -0.480 e. The Hall–Kier alpha value is -1.84. The number of likely N-dealkylation sites (tertiary alicyclic amines) is 1. The van der Waals surface area contributed by atoms with Gasteiger partial charge in [-0.15, -0.1) is 0 Å². The summed E-state index contributed by atoms with van der Waals surface area (Å²) in [5, 5.41) is 9.25. The fourth-order valence-electron chi connectivity index (χ4n) is 2.55. The maximum absolute atomic E-state index is 12.3. The van der Waals surface area contributed by atoms with Crippen LogP contribution in [0.1, 0.15) is 25.3 Å². The summed E-state index contributed by atoms with van der Waals surface area (Å²) >= 11 is 0. The second-order valence-electron chi connectivity index (χ2n) is 5.23. The number of carbonyl (C=O) groups excluding carboxylic acids is 1. The van der Waals surface area contributed by atoms with Crippen molar-refractivity contribution in [1.82, 2.24) is 4.90 Å². The Morgan fingerprint density at radius 2 is 2.00 bits per heavy atom. The topological polar surface area (TPSA) is 57.6 Å². The first kappa shape index (κ1) is 13.6. The first-order chi connectivity index (χ1) is 9.08. The van der Waals surface area contributed by atoms with Gasteiger partial charge in [-0.3, -0.25) is 4.79 Å². The third-order valence-corrected chi connectivity index (χ3v) is 3.67. The van der Waals surface area contributed by atoms with Gasteiger partial charge in [-0.25, -0.2) is 4.79 Å². The van der Waals surface area contributed by atoms with Crippen molar-refractivity contribution in [2.45, 2.75) is 32.2 Å². The number of nitrogens with zero attached hydrogens (tertiary/aromatic N) is 1. The first-order valence-electron chi connectivity index (χ1n) is 6.64. The fourth-order valence-corrected chi connectivity index (χ4v) is 2.55. The molecule has 0 bridgehead atoms. The predicted molar refractivity (Wildman–Crippen MR) is 71.7 cm³/mol. The van der Waals surface area contributed by atoms with Crippen LogP contribution in [0, 0.1) is 5.92 Å². The van der Waals surface area contributed by atoms with Crippen LogP contribution < -0.4 is 0 Å². The van der Waals surface area contributed by atoms with Crippen LogP contribution in [0.5, 0.6) is 0 Å². The Morgan fingerprint density at radius 3 is 2.63 bits per heavy atom. The fraction of sp³-hybridized carbons (Fsp3) is 0.467. The molecule has 1 saturated heterocycles. The number of carbonyl (C=O) groups is 2. The lowest BCUT2D eigenvalue weighted by Gasteiger charge is -2.36. The van der Waals surface area contributed by atoms with E-state index in [1.165, 1.54) is 4.90 Å². The smallest absolute Gasteiger partial charge is 0.326 e. The van der Waals surface area contributed by atoms with Gasteiger partial charge in [-0.2, -0.15) is 0 Å². The molecule has 0 aromatic heterocycles. The Balaban J connectivity index is 2.06. The Kier molecular flexibility index (Phi) is 4.20. The van der Waals surface area contributed by atoms with Gasteiger partial charge in [-0.1, -0.05) is 37.3 Å². The van der Waals surface area contributed by atoms with Crippen molar-refractivity contribution in [1.29, 1.82) is 0 Å². The zero-order valence-corrected chi connectivity index (χ0v) is 11.1. The van der Waals surface area contributed by atoms with E-state index in [-0.39, 0.29) is 12.3 Å². The van der Waals surface area contributed by atoms with Crippen LogP contribution in [0.15, 0.2) is 30.3 Å². The molecule has 1 fully saturated rings. The molecule has 102 valence electrons. The molecule has 0 saturated carbocycles. The van der Waals surface area contributed by atoms with Gasteiger partial charge in [0.2, 0.25) is 5.91 Å². The summed E-state index contributed by atoms with van der Waals surface area (Å²) in [4.78, 5) is 25.0. The van der Waals surface area contributed by atoms with E-state index in [2.05, 4.69) is 0 Å². The highest BCUT2D eigenvalue weighted by molar-refractivity contribution is 5.85. The van der Waals surface area contributed by atoms with E-state index >= 15 is 0 Å². The highest BCUT2D eigenvalue weighted by Crippen LogP contribution is 2.23. The quantitative estimate of drug-likeness (QED) is 0.904. The van der Waals surface area contributed by atoms with E-state index < -0.39 is 12.0 Å². The first-order valence-corrected chi connectivity index (χ1v) is 6.64. The van der Waals surface area contributed by atoms with E-state index in [4.69, 9.17) is 0 Å². The molecule has 2 rings (SSSR count). The van der Waals surface area contributed by atoms with Crippen molar-refractivity contribution >= 4 is 11.9 Å². The third-order valence-electron chi connectivity index (χ3n) is 3.67. The van der Waals surface area contributed by atoms with Gasteiger partial charge < -0.3 is 10.0 Å². The molecule has 1 N–H and O–H groups in total. The maximum atomic E-state index is 12.3. The van der Waals surface area contributed by atoms with Gasteiger partial charge in [0.15, 0.2) is 0 Å². The number of aliphatic carboxylic acids is 1. The van der Waals surface area contributed by atoms with Crippen molar-refractivity contribution in [2.75, 3.05) is 6.54 Å². The molecule has 0 radical (unpaired) electrons. The minimum absolute atomic E-state index is 0.0921. The Bertz CT molecular complexity index is 458. The van der Waals surface area contributed by atoms with Gasteiger partial charge >= 0.3 is 5.97 Å². The summed E-state index contributed by atoms with van der Waals surface area (Å²) in [6, 6.07) is 8.78. The lowest BCUT2D eigenvalue weighted by molar-refractivity contribution is -0.152. The van der Waals surface area contributed by atoms with E-state index in [0.717, 1.165) is 12.0 Å². The van der Waals surface area contributed by atoms with Crippen molar-refractivity contribution < 1.29 is 14.7 Å². The lowest BCUT2D eigenvalue weighted by atomic mass is 9.92. The molecule has 0 spiro atoms. The zero-order chi connectivity index (χ0) is 13.8. The van der Waals surface area contributed by atoms with Gasteiger partial charge in [0.25, 0.3) is 0 Å². The molecule has 4 nitrogen and oxygen atoms in total. The molecule has 4 heteroatoms. The number of benzene rings is 1. The molecule has 2 unspecified atom stereocenters. The Morgan fingerprint density at radius 1 is 1.32 bits per heavy atom. The molecule has 1 aromatic rings. The average molecular weight is 261 g/mol. The maximum Gasteiger partial charge on any atom is 0.326 e. The van der Waals surface area contributed by atoms with Gasteiger partial charge in [0.05, 0.1) is 6.42 Å². The number of amides is 1. The molecule has 1 aliphatic rings. The molecule has 1 amide bonds. The molecule has 1 aromatic carbocycles. The van der Waals surface area contributed by atoms with Crippen LogP contribution in [-0.4, -0.2) is 34.5 Å². The molecule has 0 aliphatic carbocycles. The number of hydrogen-bond donors (Lipinski definition) is 1. The predicted octanol–water partition coefficient (Wildman–Crippen LogP) is 1.94. The summed E-state index contributed by atoms with van der Waals surface area (Å²) in [5.41, 5.74) is 0.926. The number of rotatable bonds is 3. The zero-order valence-electron chi connectivity index (χ0n) is 11.1. The van der Waals surface area contributed by atoms with Crippen LogP contribution in [0.3, 0.4) is 0 Å². The highest BCUT2D eigenvalue weighted by Gasteiger charge is 2.34. The van der Waals surface area contributed by atoms with E-state index in [1.807, 2.05) is 37.3 Å².